The van der Waals surface area contributed by atoms with Gasteiger partial charge in [0.1, 0.15) is 6.10 Å². The standard InChI is InChI=1S/C31H41N3O3/c1-30-11-9-21(37-28(35)19-34-13-15-36-16-14-34)17-20(30)7-8-22-23(30)10-12-31(2)24(22)18-27-29(31)33-26-6-4-3-5-25(26)32-27/h3-6,20-24H,7-19H2,1-2H3/t20-,21-,22?,23?,24-,30-,31-/m0/s1. The zero-order valence-corrected chi connectivity index (χ0v) is 22.5. The van der Waals surface area contributed by atoms with Crippen LogP contribution in [0.4, 0.5) is 0 Å². The summed E-state index contributed by atoms with van der Waals surface area (Å²) in [5.74, 6) is 2.78. The Morgan fingerprint density at radius 3 is 2.62 bits per heavy atom. The Morgan fingerprint density at radius 1 is 1.03 bits per heavy atom. The molecule has 37 heavy (non-hydrogen) atoms. The van der Waals surface area contributed by atoms with Crippen LogP contribution >= 0.6 is 0 Å². The zero-order valence-electron chi connectivity index (χ0n) is 22.5. The van der Waals surface area contributed by atoms with E-state index < -0.39 is 0 Å². The first-order valence-corrected chi connectivity index (χ1v) is 14.7. The summed E-state index contributed by atoms with van der Waals surface area (Å²) in [5, 5.41) is 0. The maximum atomic E-state index is 12.7. The van der Waals surface area contributed by atoms with Gasteiger partial charge < -0.3 is 9.47 Å². The van der Waals surface area contributed by atoms with Gasteiger partial charge in [0.25, 0.3) is 0 Å². The summed E-state index contributed by atoms with van der Waals surface area (Å²) in [6.07, 6.45) is 9.51. The minimum atomic E-state index is -0.0475. The van der Waals surface area contributed by atoms with E-state index in [1.807, 2.05) is 0 Å². The van der Waals surface area contributed by atoms with Crippen molar-refractivity contribution in [3.63, 3.8) is 0 Å². The van der Waals surface area contributed by atoms with E-state index in [1.165, 1.54) is 43.5 Å². The molecule has 1 saturated heterocycles. The highest BCUT2D eigenvalue weighted by molar-refractivity contribution is 5.74. The summed E-state index contributed by atoms with van der Waals surface area (Å²) >= 11 is 0. The van der Waals surface area contributed by atoms with E-state index in [2.05, 4.69) is 43.0 Å². The van der Waals surface area contributed by atoms with E-state index in [0.717, 1.165) is 55.2 Å². The number of carbonyl (C=O) groups excluding carboxylic acids is 1. The molecule has 3 saturated carbocycles. The average molecular weight is 504 g/mol. The molecule has 6 nitrogen and oxygen atoms in total. The van der Waals surface area contributed by atoms with Crippen LogP contribution in [-0.4, -0.2) is 59.8 Å². The lowest BCUT2D eigenvalue weighted by molar-refractivity contribution is -0.162. The summed E-state index contributed by atoms with van der Waals surface area (Å²) in [7, 11) is 0. The van der Waals surface area contributed by atoms with E-state index in [-0.39, 0.29) is 17.5 Å². The van der Waals surface area contributed by atoms with Crippen molar-refractivity contribution in [3.8, 4) is 0 Å². The van der Waals surface area contributed by atoms with Crippen LogP contribution in [0.3, 0.4) is 0 Å². The number of morpholine rings is 1. The van der Waals surface area contributed by atoms with Crippen molar-refractivity contribution in [2.45, 2.75) is 76.7 Å². The monoisotopic (exact) mass is 503 g/mol. The third-order valence-electron chi connectivity index (χ3n) is 11.4. The molecule has 0 bridgehead atoms. The van der Waals surface area contributed by atoms with E-state index in [4.69, 9.17) is 19.4 Å². The second-order valence-corrected chi connectivity index (χ2v) is 13.1. The number of esters is 1. The first-order chi connectivity index (χ1) is 17.9. The van der Waals surface area contributed by atoms with Gasteiger partial charge in [-0.25, -0.2) is 9.97 Å². The second kappa shape index (κ2) is 9.01. The van der Waals surface area contributed by atoms with Crippen LogP contribution in [-0.2, 0) is 26.1 Å². The highest BCUT2D eigenvalue weighted by Gasteiger charge is 2.60. The number of fused-ring (bicyclic) bond motifs is 8. The number of nitrogens with zero attached hydrogens (tertiary/aromatic N) is 3. The molecule has 0 amide bonds. The topological polar surface area (TPSA) is 64.5 Å². The molecule has 0 N–H and O–H groups in total. The lowest BCUT2D eigenvalue weighted by Crippen LogP contribution is -2.54. The van der Waals surface area contributed by atoms with Crippen LogP contribution in [0.2, 0.25) is 0 Å². The first kappa shape index (κ1) is 24.0. The van der Waals surface area contributed by atoms with Gasteiger partial charge in [0, 0.05) is 18.5 Å². The number of hydrogen-bond donors (Lipinski definition) is 0. The highest BCUT2D eigenvalue weighted by atomic mass is 16.5. The molecule has 1 aromatic carbocycles. The van der Waals surface area contributed by atoms with Crippen molar-refractivity contribution < 1.29 is 14.3 Å². The van der Waals surface area contributed by atoms with Crippen molar-refractivity contribution in [1.82, 2.24) is 14.9 Å². The van der Waals surface area contributed by atoms with Crippen LogP contribution in [0.25, 0.3) is 11.0 Å². The second-order valence-electron chi connectivity index (χ2n) is 13.1. The average Bonchev–Trinajstić information content (AvgIpc) is 3.19. The van der Waals surface area contributed by atoms with Crippen molar-refractivity contribution in [2.75, 3.05) is 32.8 Å². The number of para-hydroxylation sites is 2. The van der Waals surface area contributed by atoms with Gasteiger partial charge in [0.05, 0.1) is 42.2 Å². The maximum Gasteiger partial charge on any atom is 0.320 e. The van der Waals surface area contributed by atoms with Gasteiger partial charge >= 0.3 is 5.97 Å². The van der Waals surface area contributed by atoms with Crippen LogP contribution in [0.5, 0.6) is 0 Å². The molecule has 7 atom stereocenters. The zero-order chi connectivity index (χ0) is 25.2. The van der Waals surface area contributed by atoms with Crippen molar-refractivity contribution in [2.24, 2.45) is 29.1 Å². The Balaban J connectivity index is 1.05. The summed E-state index contributed by atoms with van der Waals surface area (Å²) in [6.45, 7) is 8.56. The minimum Gasteiger partial charge on any atom is -0.461 e. The summed E-state index contributed by atoms with van der Waals surface area (Å²) < 4.78 is 11.5. The number of ether oxygens (including phenoxy) is 2. The van der Waals surface area contributed by atoms with Crippen molar-refractivity contribution >= 4 is 17.0 Å². The Bertz CT molecular complexity index is 1200. The van der Waals surface area contributed by atoms with E-state index >= 15 is 0 Å². The van der Waals surface area contributed by atoms with Crippen molar-refractivity contribution in [1.29, 1.82) is 0 Å². The molecular weight excluding hydrogens is 462 g/mol. The first-order valence-electron chi connectivity index (χ1n) is 14.7. The molecule has 0 spiro atoms. The number of rotatable bonds is 3. The van der Waals surface area contributed by atoms with Gasteiger partial charge in [-0.05, 0) is 92.6 Å². The van der Waals surface area contributed by atoms with E-state index in [0.29, 0.717) is 37.0 Å². The Labute approximate surface area is 220 Å². The molecule has 2 aromatic rings. The Morgan fingerprint density at radius 2 is 1.81 bits per heavy atom. The molecule has 2 unspecified atom stereocenters. The number of carbonyl (C=O) groups is 1. The molecule has 6 heteroatoms. The quantitative estimate of drug-likeness (QED) is 0.554. The molecule has 5 aliphatic rings. The van der Waals surface area contributed by atoms with Gasteiger partial charge in [-0.2, -0.15) is 0 Å². The van der Waals surface area contributed by atoms with Gasteiger partial charge in [-0.1, -0.05) is 26.0 Å². The van der Waals surface area contributed by atoms with Crippen LogP contribution in [0, 0.1) is 29.1 Å². The fourth-order valence-electron chi connectivity index (χ4n) is 9.33. The minimum absolute atomic E-state index is 0.0475. The molecular formula is C31H41N3O3. The summed E-state index contributed by atoms with van der Waals surface area (Å²) in [5.41, 5.74) is 5.15. The van der Waals surface area contributed by atoms with Crippen LogP contribution in [0.15, 0.2) is 24.3 Å². The molecule has 7 rings (SSSR count). The van der Waals surface area contributed by atoms with Crippen LogP contribution < -0.4 is 0 Å². The van der Waals surface area contributed by atoms with Gasteiger partial charge in [-0.3, -0.25) is 9.69 Å². The predicted octanol–water partition coefficient (Wildman–Crippen LogP) is 4.93. The predicted molar refractivity (Wildman–Crippen MR) is 142 cm³/mol. The lowest BCUT2D eigenvalue weighted by Gasteiger charge is -2.60. The Kier molecular flexibility index (Phi) is 5.85. The van der Waals surface area contributed by atoms with Gasteiger partial charge in [0.2, 0.25) is 0 Å². The Hall–Kier alpha value is -2.05. The van der Waals surface area contributed by atoms with E-state index in [9.17, 15) is 4.79 Å². The molecule has 0 radical (unpaired) electrons. The maximum absolute atomic E-state index is 12.7. The van der Waals surface area contributed by atoms with Gasteiger partial charge in [-0.15, -0.1) is 0 Å². The van der Waals surface area contributed by atoms with Crippen LogP contribution in [0.1, 0.15) is 70.2 Å². The molecule has 198 valence electrons. The molecule has 4 aliphatic carbocycles. The van der Waals surface area contributed by atoms with Crippen molar-refractivity contribution in [3.05, 3.63) is 35.7 Å². The van der Waals surface area contributed by atoms with Gasteiger partial charge in [0.15, 0.2) is 0 Å². The normalized spacial score (nSPS) is 39.4. The molecule has 1 aliphatic heterocycles. The molecule has 2 heterocycles. The number of benzene rings is 1. The largest absolute Gasteiger partial charge is 0.461 e. The number of hydrogen-bond acceptors (Lipinski definition) is 6. The number of aromatic nitrogens is 2. The fourth-order valence-corrected chi connectivity index (χ4v) is 9.33. The SMILES string of the molecule is C[C@]12CCC3C(CC[C@H]4C[C@@H](OC(=O)CN5CCOCC5)CC[C@]34C)[C@@H]1Cc1nc3ccccc3nc12. The fraction of sp³-hybridized carbons (Fsp3) is 0.710. The summed E-state index contributed by atoms with van der Waals surface area (Å²) in [4.78, 5) is 25.2. The third kappa shape index (κ3) is 3.93. The highest BCUT2D eigenvalue weighted by Crippen LogP contribution is 2.65. The van der Waals surface area contributed by atoms with E-state index in [1.54, 1.807) is 0 Å². The molecule has 4 fully saturated rings. The molecule has 1 aromatic heterocycles. The summed E-state index contributed by atoms with van der Waals surface area (Å²) in [6, 6.07) is 8.37. The smallest absolute Gasteiger partial charge is 0.320 e. The lowest BCUT2D eigenvalue weighted by atomic mass is 9.45. The third-order valence-corrected chi connectivity index (χ3v) is 11.4.